The molecule has 2 aromatic carbocycles. The molecule has 4 heteroatoms. The van der Waals surface area contributed by atoms with Crippen molar-refractivity contribution >= 4 is 5.91 Å². The fourth-order valence-electron chi connectivity index (χ4n) is 3.80. The molecule has 0 saturated carbocycles. The van der Waals surface area contributed by atoms with Crippen molar-refractivity contribution in [1.29, 1.82) is 0 Å². The molecule has 1 aromatic heterocycles. The van der Waals surface area contributed by atoms with Crippen LogP contribution in [0.4, 0.5) is 0 Å². The summed E-state index contributed by atoms with van der Waals surface area (Å²) in [5.41, 5.74) is 6.39. The van der Waals surface area contributed by atoms with Gasteiger partial charge in [-0.15, -0.1) is 0 Å². The van der Waals surface area contributed by atoms with Gasteiger partial charge in [0.1, 0.15) is 0 Å². The van der Waals surface area contributed by atoms with Gasteiger partial charge in [-0.05, 0) is 48.9 Å². The molecule has 0 N–H and O–H groups in total. The number of hydrogen-bond donors (Lipinski definition) is 0. The van der Waals surface area contributed by atoms with Crippen LogP contribution in [0.2, 0.25) is 0 Å². The van der Waals surface area contributed by atoms with Crippen LogP contribution in [-0.2, 0) is 25.8 Å². The van der Waals surface area contributed by atoms with Crippen molar-refractivity contribution in [1.82, 2.24) is 14.7 Å². The van der Waals surface area contributed by atoms with E-state index in [0.29, 0.717) is 12.2 Å². The molecule has 1 aliphatic carbocycles. The molecule has 0 aliphatic heterocycles. The molecule has 1 aliphatic rings. The van der Waals surface area contributed by atoms with E-state index in [9.17, 15) is 4.79 Å². The number of aryl methyl sites for hydroxylation is 1. The standard InChI is InChI=1S/C23H25N3O/c1-3-17-12-14-18(15-13-17)16-25(2)23(27)22-20-10-7-11-21(20)26(24-22)19-8-5-4-6-9-19/h4-6,8-9,12-15H,3,7,10-11,16H2,1-2H3. The lowest BCUT2D eigenvalue weighted by Crippen LogP contribution is -2.27. The van der Waals surface area contributed by atoms with Crippen molar-refractivity contribution in [2.45, 2.75) is 39.2 Å². The Kier molecular flexibility index (Phi) is 4.80. The van der Waals surface area contributed by atoms with Crippen LogP contribution in [0.1, 0.15) is 46.2 Å². The second-order valence-corrected chi connectivity index (χ2v) is 7.21. The first-order valence-corrected chi connectivity index (χ1v) is 9.67. The van der Waals surface area contributed by atoms with E-state index in [-0.39, 0.29) is 5.91 Å². The van der Waals surface area contributed by atoms with E-state index in [1.807, 2.05) is 42.1 Å². The number of amides is 1. The number of aromatic nitrogens is 2. The first kappa shape index (κ1) is 17.5. The Hall–Kier alpha value is -2.88. The third-order valence-electron chi connectivity index (χ3n) is 5.33. The number of fused-ring (bicyclic) bond motifs is 1. The first-order chi connectivity index (χ1) is 13.2. The van der Waals surface area contributed by atoms with Crippen LogP contribution in [0.15, 0.2) is 54.6 Å². The summed E-state index contributed by atoms with van der Waals surface area (Å²) >= 11 is 0. The molecule has 1 amide bonds. The SMILES string of the molecule is CCc1ccc(CN(C)C(=O)c2nn(-c3ccccc3)c3c2CCC3)cc1. The Morgan fingerprint density at radius 1 is 1.04 bits per heavy atom. The van der Waals surface area contributed by atoms with Crippen molar-refractivity contribution in [3.8, 4) is 5.69 Å². The Labute approximate surface area is 160 Å². The number of para-hydroxylation sites is 1. The Bertz CT molecular complexity index is 942. The molecule has 0 atom stereocenters. The quantitative estimate of drug-likeness (QED) is 0.685. The number of nitrogens with zero attached hydrogens (tertiary/aromatic N) is 3. The van der Waals surface area contributed by atoms with Crippen molar-refractivity contribution in [2.75, 3.05) is 7.05 Å². The molecule has 1 heterocycles. The van der Waals surface area contributed by atoms with E-state index in [1.54, 1.807) is 4.90 Å². The van der Waals surface area contributed by atoms with Gasteiger partial charge < -0.3 is 4.90 Å². The Morgan fingerprint density at radius 3 is 2.44 bits per heavy atom. The Balaban J connectivity index is 1.60. The maximum absolute atomic E-state index is 13.1. The van der Waals surface area contributed by atoms with Crippen LogP contribution in [0.25, 0.3) is 5.69 Å². The molecule has 0 spiro atoms. The summed E-state index contributed by atoms with van der Waals surface area (Å²) < 4.78 is 1.96. The summed E-state index contributed by atoms with van der Waals surface area (Å²) in [5.74, 6) is 0.00222. The number of rotatable bonds is 5. The van der Waals surface area contributed by atoms with Crippen LogP contribution in [0, 0.1) is 0 Å². The first-order valence-electron chi connectivity index (χ1n) is 9.67. The van der Waals surface area contributed by atoms with Crippen molar-refractivity contribution in [2.24, 2.45) is 0 Å². The summed E-state index contributed by atoms with van der Waals surface area (Å²) in [6.07, 6.45) is 4.02. The molecule has 4 nitrogen and oxygen atoms in total. The van der Waals surface area contributed by atoms with Gasteiger partial charge in [0, 0.05) is 24.8 Å². The van der Waals surface area contributed by atoms with E-state index in [4.69, 9.17) is 5.10 Å². The summed E-state index contributed by atoms with van der Waals surface area (Å²) in [4.78, 5) is 14.9. The lowest BCUT2D eigenvalue weighted by atomic mass is 10.1. The van der Waals surface area contributed by atoms with E-state index in [0.717, 1.165) is 42.5 Å². The molecule has 0 radical (unpaired) electrons. The highest BCUT2D eigenvalue weighted by Crippen LogP contribution is 2.28. The van der Waals surface area contributed by atoms with Crippen molar-refractivity contribution in [3.05, 3.63) is 82.7 Å². The van der Waals surface area contributed by atoms with Gasteiger partial charge in [-0.2, -0.15) is 5.10 Å². The molecular formula is C23H25N3O. The summed E-state index contributed by atoms with van der Waals surface area (Å²) in [5, 5.41) is 4.72. The number of carbonyl (C=O) groups is 1. The van der Waals surface area contributed by atoms with Crippen LogP contribution >= 0.6 is 0 Å². The topological polar surface area (TPSA) is 38.1 Å². The third-order valence-corrected chi connectivity index (χ3v) is 5.33. The Morgan fingerprint density at radius 2 is 1.74 bits per heavy atom. The highest BCUT2D eigenvalue weighted by Gasteiger charge is 2.28. The minimum absolute atomic E-state index is 0.00222. The van der Waals surface area contributed by atoms with Gasteiger partial charge in [-0.25, -0.2) is 4.68 Å². The van der Waals surface area contributed by atoms with Crippen LogP contribution in [0.5, 0.6) is 0 Å². The summed E-state index contributed by atoms with van der Waals surface area (Å²) in [7, 11) is 1.86. The van der Waals surface area contributed by atoms with Crippen LogP contribution in [-0.4, -0.2) is 27.6 Å². The van der Waals surface area contributed by atoms with E-state index in [1.165, 1.54) is 11.3 Å². The monoisotopic (exact) mass is 359 g/mol. The molecule has 27 heavy (non-hydrogen) atoms. The van der Waals surface area contributed by atoms with Gasteiger partial charge in [0.05, 0.1) is 5.69 Å². The highest BCUT2D eigenvalue weighted by atomic mass is 16.2. The zero-order valence-corrected chi connectivity index (χ0v) is 16.0. The van der Waals surface area contributed by atoms with E-state index in [2.05, 4.69) is 31.2 Å². The average Bonchev–Trinajstić information content (AvgIpc) is 3.31. The van der Waals surface area contributed by atoms with Crippen LogP contribution in [0.3, 0.4) is 0 Å². The molecule has 0 fully saturated rings. The zero-order chi connectivity index (χ0) is 18.8. The largest absolute Gasteiger partial charge is 0.336 e. The number of carbonyl (C=O) groups excluding carboxylic acids is 1. The van der Waals surface area contributed by atoms with Gasteiger partial charge in [0.25, 0.3) is 5.91 Å². The van der Waals surface area contributed by atoms with Gasteiger partial charge in [-0.3, -0.25) is 4.79 Å². The molecule has 3 aromatic rings. The fraction of sp³-hybridized carbons (Fsp3) is 0.304. The third kappa shape index (κ3) is 3.39. The van der Waals surface area contributed by atoms with E-state index >= 15 is 0 Å². The second kappa shape index (κ2) is 7.39. The van der Waals surface area contributed by atoms with Gasteiger partial charge >= 0.3 is 0 Å². The van der Waals surface area contributed by atoms with Gasteiger partial charge in [-0.1, -0.05) is 49.4 Å². The second-order valence-electron chi connectivity index (χ2n) is 7.21. The highest BCUT2D eigenvalue weighted by molar-refractivity contribution is 5.94. The average molecular weight is 359 g/mol. The number of benzene rings is 2. The van der Waals surface area contributed by atoms with Crippen molar-refractivity contribution in [3.63, 3.8) is 0 Å². The van der Waals surface area contributed by atoms with Crippen molar-refractivity contribution < 1.29 is 4.79 Å². The number of hydrogen-bond acceptors (Lipinski definition) is 2. The minimum Gasteiger partial charge on any atom is -0.336 e. The minimum atomic E-state index is 0.00222. The maximum Gasteiger partial charge on any atom is 0.274 e. The predicted octanol–water partition coefficient (Wildman–Crippen LogP) is 4.20. The lowest BCUT2D eigenvalue weighted by Gasteiger charge is -2.17. The smallest absolute Gasteiger partial charge is 0.274 e. The zero-order valence-electron chi connectivity index (χ0n) is 16.0. The molecule has 138 valence electrons. The fourth-order valence-corrected chi connectivity index (χ4v) is 3.80. The predicted molar refractivity (Wildman–Crippen MR) is 107 cm³/mol. The summed E-state index contributed by atoms with van der Waals surface area (Å²) in [6, 6.07) is 18.6. The molecule has 0 bridgehead atoms. The van der Waals surface area contributed by atoms with Crippen LogP contribution < -0.4 is 0 Å². The molecule has 0 saturated heterocycles. The molecule has 4 rings (SSSR count). The molecule has 0 unspecified atom stereocenters. The summed E-state index contributed by atoms with van der Waals surface area (Å²) in [6.45, 7) is 2.74. The van der Waals surface area contributed by atoms with Gasteiger partial charge in [0.15, 0.2) is 5.69 Å². The normalized spacial score (nSPS) is 12.8. The molecular weight excluding hydrogens is 334 g/mol. The lowest BCUT2D eigenvalue weighted by molar-refractivity contribution is 0.0777. The van der Waals surface area contributed by atoms with Gasteiger partial charge in [0.2, 0.25) is 0 Å². The van der Waals surface area contributed by atoms with E-state index < -0.39 is 0 Å². The maximum atomic E-state index is 13.1.